The van der Waals surface area contributed by atoms with Gasteiger partial charge in [-0.25, -0.2) is 0 Å². The van der Waals surface area contributed by atoms with Crippen LogP contribution in [-0.4, -0.2) is 6.04 Å². The number of nitrogens with zero attached hydrogens (tertiary/aromatic N) is 1. The highest BCUT2D eigenvalue weighted by Gasteiger charge is 2.32. The van der Waals surface area contributed by atoms with Crippen molar-refractivity contribution < 1.29 is 4.74 Å². The van der Waals surface area contributed by atoms with Crippen LogP contribution in [0.1, 0.15) is 63.0 Å². The molecule has 0 atom stereocenters. The zero-order valence-corrected chi connectivity index (χ0v) is 16.4. The van der Waals surface area contributed by atoms with Gasteiger partial charge in [0, 0.05) is 6.04 Å². The summed E-state index contributed by atoms with van der Waals surface area (Å²) in [7, 11) is 0. The molecule has 0 radical (unpaired) electrons. The predicted molar refractivity (Wildman–Crippen MR) is 110 cm³/mol. The first-order valence-electron chi connectivity index (χ1n) is 10.3. The summed E-state index contributed by atoms with van der Waals surface area (Å²) >= 11 is 0. The van der Waals surface area contributed by atoms with E-state index in [1.54, 1.807) is 0 Å². The van der Waals surface area contributed by atoms with E-state index >= 15 is 0 Å². The molecule has 0 bridgehead atoms. The van der Waals surface area contributed by atoms with Crippen LogP contribution in [0.3, 0.4) is 0 Å². The molecule has 0 amide bonds. The van der Waals surface area contributed by atoms with Gasteiger partial charge in [-0.2, -0.15) is 0 Å². The highest BCUT2D eigenvalue weighted by atomic mass is 16.5. The molecule has 1 heterocycles. The Morgan fingerprint density at radius 1 is 0.885 bits per heavy atom. The van der Waals surface area contributed by atoms with Crippen molar-refractivity contribution in [1.29, 1.82) is 0 Å². The molecule has 2 heteroatoms. The molecule has 2 aromatic carbocycles. The van der Waals surface area contributed by atoms with Crippen molar-refractivity contribution in [2.45, 2.75) is 71.8 Å². The lowest BCUT2D eigenvalue weighted by atomic mass is 9.82. The minimum atomic E-state index is 0.583. The Morgan fingerprint density at radius 3 is 2.00 bits per heavy atom. The van der Waals surface area contributed by atoms with Crippen molar-refractivity contribution in [1.82, 2.24) is 0 Å². The standard InChI is InChI=1S/C24H31NO/c1-4-5-6-19-9-11-20(12-10-19)25-21-13-7-17(2)15-23(21)26-24-16-18(3)8-14-22(24)25/h7-8,13-16,19-20H,4-6,9-12H2,1-3H3. The number of rotatable bonds is 4. The Morgan fingerprint density at radius 2 is 1.46 bits per heavy atom. The summed E-state index contributed by atoms with van der Waals surface area (Å²) in [5.74, 6) is 2.95. The van der Waals surface area contributed by atoms with Crippen LogP contribution in [0.2, 0.25) is 0 Å². The monoisotopic (exact) mass is 349 g/mol. The molecule has 1 aliphatic carbocycles. The second-order valence-electron chi connectivity index (χ2n) is 8.23. The molecule has 2 aliphatic rings. The van der Waals surface area contributed by atoms with E-state index in [4.69, 9.17) is 4.74 Å². The molecular formula is C24H31NO. The summed E-state index contributed by atoms with van der Waals surface area (Å²) in [6, 6.07) is 13.9. The van der Waals surface area contributed by atoms with Crippen molar-refractivity contribution >= 4 is 11.4 Å². The van der Waals surface area contributed by atoms with Crippen LogP contribution < -0.4 is 9.64 Å². The zero-order chi connectivity index (χ0) is 18.1. The zero-order valence-electron chi connectivity index (χ0n) is 16.4. The highest BCUT2D eigenvalue weighted by molar-refractivity contribution is 5.79. The molecule has 0 saturated heterocycles. The average molecular weight is 350 g/mol. The molecule has 2 nitrogen and oxygen atoms in total. The lowest BCUT2D eigenvalue weighted by molar-refractivity contribution is 0.300. The van der Waals surface area contributed by atoms with Gasteiger partial charge in [0.05, 0.1) is 11.4 Å². The normalized spacial score (nSPS) is 21.7. The molecule has 0 aromatic heterocycles. The summed E-state index contributed by atoms with van der Waals surface area (Å²) in [6.45, 7) is 6.58. The fourth-order valence-corrected chi connectivity index (χ4v) is 4.63. The van der Waals surface area contributed by atoms with E-state index in [0.717, 1.165) is 17.4 Å². The van der Waals surface area contributed by atoms with Crippen LogP contribution in [0, 0.1) is 19.8 Å². The first-order valence-corrected chi connectivity index (χ1v) is 10.3. The summed E-state index contributed by atoms with van der Waals surface area (Å²) in [4.78, 5) is 2.57. The summed E-state index contributed by atoms with van der Waals surface area (Å²) < 4.78 is 6.29. The number of ether oxygens (including phenoxy) is 1. The first-order chi connectivity index (χ1) is 12.7. The topological polar surface area (TPSA) is 12.5 Å². The maximum Gasteiger partial charge on any atom is 0.151 e. The van der Waals surface area contributed by atoms with E-state index in [9.17, 15) is 0 Å². The van der Waals surface area contributed by atoms with Crippen LogP contribution in [0.15, 0.2) is 36.4 Å². The van der Waals surface area contributed by atoms with Gasteiger partial charge in [-0.15, -0.1) is 0 Å². The van der Waals surface area contributed by atoms with Crippen LogP contribution in [0.5, 0.6) is 11.5 Å². The lowest BCUT2D eigenvalue weighted by Crippen LogP contribution is -2.36. The fourth-order valence-electron chi connectivity index (χ4n) is 4.63. The molecule has 0 unspecified atom stereocenters. The molecule has 0 spiro atoms. The van der Waals surface area contributed by atoms with E-state index in [1.165, 1.54) is 67.4 Å². The van der Waals surface area contributed by atoms with Gasteiger partial charge in [-0.05, 0) is 80.8 Å². The van der Waals surface area contributed by atoms with Crippen molar-refractivity contribution in [3.05, 3.63) is 47.5 Å². The Labute approximate surface area is 158 Å². The maximum absolute atomic E-state index is 6.29. The van der Waals surface area contributed by atoms with E-state index in [-0.39, 0.29) is 0 Å². The average Bonchev–Trinajstić information content (AvgIpc) is 2.64. The van der Waals surface area contributed by atoms with Crippen molar-refractivity contribution in [3.63, 3.8) is 0 Å². The van der Waals surface area contributed by atoms with E-state index in [2.05, 4.69) is 62.1 Å². The van der Waals surface area contributed by atoms with Gasteiger partial charge >= 0.3 is 0 Å². The Bertz CT molecular complexity index is 722. The fraction of sp³-hybridized carbons (Fsp3) is 0.500. The molecule has 2 aromatic rings. The van der Waals surface area contributed by atoms with Crippen LogP contribution in [0.25, 0.3) is 0 Å². The van der Waals surface area contributed by atoms with Crippen molar-refractivity contribution in [2.75, 3.05) is 4.90 Å². The maximum atomic E-state index is 6.29. The number of unbranched alkanes of at least 4 members (excludes halogenated alkanes) is 1. The summed E-state index contributed by atoms with van der Waals surface area (Å²) in [6.07, 6.45) is 9.43. The largest absolute Gasteiger partial charge is 0.453 e. The summed E-state index contributed by atoms with van der Waals surface area (Å²) in [5.41, 5.74) is 4.99. The Balaban J connectivity index is 1.64. The number of fused-ring (bicyclic) bond motifs is 2. The van der Waals surface area contributed by atoms with Gasteiger partial charge in [-0.3, -0.25) is 0 Å². The van der Waals surface area contributed by atoms with Gasteiger partial charge in [0.1, 0.15) is 0 Å². The molecule has 1 aliphatic heterocycles. The third kappa shape index (κ3) is 3.34. The number of hydrogen-bond donors (Lipinski definition) is 0. The second kappa shape index (κ2) is 7.34. The minimum Gasteiger partial charge on any atom is -0.453 e. The minimum absolute atomic E-state index is 0.583. The van der Waals surface area contributed by atoms with Crippen LogP contribution in [0.4, 0.5) is 11.4 Å². The molecular weight excluding hydrogens is 318 g/mol. The lowest BCUT2D eigenvalue weighted by Gasteiger charge is -2.42. The van der Waals surface area contributed by atoms with Gasteiger partial charge in [0.15, 0.2) is 11.5 Å². The predicted octanol–water partition coefficient (Wildman–Crippen LogP) is 7.30. The second-order valence-corrected chi connectivity index (χ2v) is 8.23. The van der Waals surface area contributed by atoms with Gasteiger partial charge < -0.3 is 9.64 Å². The van der Waals surface area contributed by atoms with E-state index < -0.39 is 0 Å². The third-order valence-electron chi connectivity index (χ3n) is 6.12. The molecule has 138 valence electrons. The van der Waals surface area contributed by atoms with Crippen molar-refractivity contribution in [3.8, 4) is 11.5 Å². The highest BCUT2D eigenvalue weighted by Crippen LogP contribution is 2.50. The Hall–Kier alpha value is -1.96. The SMILES string of the molecule is CCCCC1CCC(N2c3ccc(C)cc3Oc3cc(C)ccc32)CC1. The number of hydrogen-bond acceptors (Lipinski definition) is 2. The van der Waals surface area contributed by atoms with Gasteiger partial charge in [-0.1, -0.05) is 38.3 Å². The third-order valence-corrected chi connectivity index (χ3v) is 6.12. The molecule has 1 fully saturated rings. The van der Waals surface area contributed by atoms with Crippen LogP contribution in [-0.2, 0) is 0 Å². The quantitative estimate of drug-likeness (QED) is 0.574. The Kier molecular flexibility index (Phi) is 4.93. The smallest absolute Gasteiger partial charge is 0.151 e. The molecule has 26 heavy (non-hydrogen) atoms. The number of aryl methyl sites for hydroxylation is 2. The van der Waals surface area contributed by atoms with E-state index in [1.807, 2.05) is 0 Å². The first kappa shape index (κ1) is 17.5. The number of benzene rings is 2. The molecule has 1 saturated carbocycles. The van der Waals surface area contributed by atoms with Gasteiger partial charge in [0.2, 0.25) is 0 Å². The van der Waals surface area contributed by atoms with Gasteiger partial charge in [0.25, 0.3) is 0 Å². The van der Waals surface area contributed by atoms with Crippen LogP contribution >= 0.6 is 0 Å². The van der Waals surface area contributed by atoms with Crippen molar-refractivity contribution in [2.24, 2.45) is 5.92 Å². The molecule has 0 N–H and O–H groups in total. The van der Waals surface area contributed by atoms with E-state index in [0.29, 0.717) is 6.04 Å². The summed E-state index contributed by atoms with van der Waals surface area (Å²) in [5, 5.41) is 0. The number of anilines is 2. The molecule has 4 rings (SSSR count).